The molecule has 0 aromatic heterocycles. The topological polar surface area (TPSA) is 90.0 Å². The van der Waals surface area contributed by atoms with Gasteiger partial charge in [0.05, 0.1) is 5.69 Å². The fraction of sp³-hybridized carbons (Fsp3) is 0.417. The lowest BCUT2D eigenvalue weighted by molar-refractivity contribution is -0.139. The smallest absolute Gasteiger partial charge is 0.304 e. The number of amides is 2. The minimum Gasteiger partial charge on any atom is -0.352 e. The lowest BCUT2D eigenvalue weighted by Gasteiger charge is -2.33. The molecule has 0 aliphatic heterocycles. The number of hydrogen-bond donors (Lipinski definition) is 1. The molecule has 2 rings (SSSR count). The summed E-state index contributed by atoms with van der Waals surface area (Å²) >= 11 is 12.3. The zero-order chi connectivity index (χ0) is 27.2. The summed E-state index contributed by atoms with van der Waals surface area (Å²) in [6.07, 6.45) is 0.689. The lowest BCUT2D eigenvalue weighted by Crippen LogP contribution is -2.53. The number of carbonyl (C=O) groups excluding carboxylic acids is 2. The third-order valence-corrected chi connectivity index (χ3v) is 8.06. The fourth-order valence-corrected chi connectivity index (χ4v) is 4.73. The van der Waals surface area contributed by atoms with Crippen LogP contribution in [0.15, 0.2) is 42.5 Å². The highest BCUT2D eigenvalue weighted by atomic mass is 35.5. The van der Waals surface area contributed by atoms with E-state index < -0.39 is 40.4 Å². The van der Waals surface area contributed by atoms with E-state index in [0.29, 0.717) is 22.0 Å². The van der Waals surface area contributed by atoms with Crippen LogP contribution in [0.3, 0.4) is 0 Å². The number of halogens is 3. The van der Waals surface area contributed by atoms with Gasteiger partial charge in [0, 0.05) is 36.7 Å². The predicted octanol–water partition coefficient (Wildman–Crippen LogP) is 4.08. The summed E-state index contributed by atoms with van der Waals surface area (Å²) < 4.78 is 41.5. The molecular weight excluding hydrogens is 530 g/mol. The normalized spacial score (nSPS) is 13.2. The Morgan fingerprint density at radius 2 is 1.67 bits per heavy atom. The van der Waals surface area contributed by atoms with Crippen LogP contribution in [0, 0.1) is 5.82 Å². The standard InChI is InChI=1S/C24H31Cl2FN4O4S/c1-6-16(2)28-24(33)17(3)30(14-18-7-8-19(25)13-22(18)26)23(32)15-31(36(34,35)29(4)5)21-11-9-20(27)10-12-21/h7-13,16-17H,6,14-15H2,1-5H3,(H,28,33). The van der Waals surface area contributed by atoms with E-state index in [1.165, 1.54) is 37.2 Å². The SMILES string of the molecule is CCC(C)NC(=O)C(C)N(Cc1ccc(Cl)cc1Cl)C(=O)CN(c1ccc(F)cc1)S(=O)(=O)N(C)C. The number of benzene rings is 2. The number of nitrogens with one attached hydrogen (secondary N) is 1. The number of carbonyl (C=O) groups is 2. The summed E-state index contributed by atoms with van der Waals surface area (Å²) in [6.45, 7) is 4.62. The van der Waals surface area contributed by atoms with Crippen LogP contribution in [0.4, 0.5) is 10.1 Å². The molecule has 8 nitrogen and oxygen atoms in total. The van der Waals surface area contributed by atoms with Gasteiger partial charge in [0.25, 0.3) is 0 Å². The van der Waals surface area contributed by atoms with Crippen molar-refractivity contribution in [3.8, 4) is 0 Å². The monoisotopic (exact) mass is 560 g/mol. The van der Waals surface area contributed by atoms with Crippen molar-refractivity contribution in [2.45, 2.75) is 45.8 Å². The molecule has 0 aliphatic rings. The Hall–Kier alpha value is -2.40. The van der Waals surface area contributed by atoms with E-state index in [-0.39, 0.29) is 18.3 Å². The fourth-order valence-electron chi connectivity index (χ4n) is 3.21. The van der Waals surface area contributed by atoms with Gasteiger partial charge in [-0.15, -0.1) is 0 Å². The van der Waals surface area contributed by atoms with E-state index in [0.717, 1.165) is 20.7 Å². The molecule has 1 N–H and O–H groups in total. The summed E-state index contributed by atoms with van der Waals surface area (Å²) in [4.78, 5) is 27.8. The molecule has 12 heteroatoms. The Balaban J connectivity index is 2.48. The highest BCUT2D eigenvalue weighted by molar-refractivity contribution is 7.90. The van der Waals surface area contributed by atoms with Gasteiger partial charge in [-0.05, 0) is 62.2 Å². The Labute approximate surface area is 222 Å². The van der Waals surface area contributed by atoms with E-state index in [1.54, 1.807) is 19.1 Å². The Kier molecular flexibility index (Phi) is 10.5. The number of anilines is 1. The van der Waals surface area contributed by atoms with Crippen LogP contribution in [-0.2, 0) is 26.3 Å². The van der Waals surface area contributed by atoms with Crippen molar-refractivity contribution in [2.24, 2.45) is 0 Å². The third kappa shape index (κ3) is 7.55. The predicted molar refractivity (Wildman–Crippen MR) is 141 cm³/mol. The van der Waals surface area contributed by atoms with Gasteiger partial charge in [-0.2, -0.15) is 12.7 Å². The van der Waals surface area contributed by atoms with Crippen LogP contribution in [0.25, 0.3) is 0 Å². The van der Waals surface area contributed by atoms with E-state index in [4.69, 9.17) is 23.2 Å². The molecule has 198 valence electrons. The van der Waals surface area contributed by atoms with Crippen molar-refractivity contribution in [1.82, 2.24) is 14.5 Å². The second-order valence-corrected chi connectivity index (χ2v) is 11.4. The van der Waals surface area contributed by atoms with Crippen LogP contribution < -0.4 is 9.62 Å². The van der Waals surface area contributed by atoms with Gasteiger partial charge in [0.1, 0.15) is 18.4 Å². The Morgan fingerprint density at radius 1 is 1.06 bits per heavy atom. The summed E-state index contributed by atoms with van der Waals surface area (Å²) in [7, 11) is -1.49. The summed E-state index contributed by atoms with van der Waals surface area (Å²) in [5.74, 6) is -1.60. The molecule has 2 unspecified atom stereocenters. The van der Waals surface area contributed by atoms with Gasteiger partial charge in [-0.3, -0.25) is 9.59 Å². The van der Waals surface area contributed by atoms with Crippen LogP contribution >= 0.6 is 23.2 Å². The maximum atomic E-state index is 13.6. The zero-order valence-electron chi connectivity index (χ0n) is 20.8. The Morgan fingerprint density at radius 3 is 2.19 bits per heavy atom. The maximum absolute atomic E-state index is 13.6. The third-order valence-electron chi connectivity index (χ3n) is 5.66. The summed E-state index contributed by atoms with van der Waals surface area (Å²) in [5.41, 5.74) is 0.626. The lowest BCUT2D eigenvalue weighted by atomic mass is 10.1. The van der Waals surface area contributed by atoms with Gasteiger partial charge >= 0.3 is 10.2 Å². The summed E-state index contributed by atoms with van der Waals surface area (Å²) in [6, 6.07) is 8.43. The molecule has 36 heavy (non-hydrogen) atoms. The molecule has 0 heterocycles. The molecule has 0 bridgehead atoms. The van der Waals surface area contributed by atoms with E-state index >= 15 is 0 Å². The minimum atomic E-state index is -4.14. The minimum absolute atomic E-state index is 0.0663. The average molecular weight is 562 g/mol. The van der Waals surface area contributed by atoms with E-state index in [2.05, 4.69) is 5.32 Å². The zero-order valence-corrected chi connectivity index (χ0v) is 23.2. The van der Waals surface area contributed by atoms with Gasteiger partial charge in [0.15, 0.2) is 0 Å². The van der Waals surface area contributed by atoms with Gasteiger partial charge in [-0.1, -0.05) is 36.2 Å². The Bertz CT molecular complexity index is 1180. The molecule has 0 saturated carbocycles. The van der Waals surface area contributed by atoms with Crippen molar-refractivity contribution in [1.29, 1.82) is 0 Å². The van der Waals surface area contributed by atoms with Gasteiger partial charge in [0.2, 0.25) is 11.8 Å². The highest BCUT2D eigenvalue weighted by Crippen LogP contribution is 2.25. The first-order valence-corrected chi connectivity index (χ1v) is 13.4. The van der Waals surface area contributed by atoms with E-state index in [9.17, 15) is 22.4 Å². The second-order valence-electron chi connectivity index (χ2n) is 8.52. The number of rotatable bonds is 11. The largest absolute Gasteiger partial charge is 0.352 e. The van der Waals surface area contributed by atoms with Crippen LogP contribution in [0.5, 0.6) is 0 Å². The quantitative estimate of drug-likeness (QED) is 0.448. The number of nitrogens with zero attached hydrogens (tertiary/aromatic N) is 3. The first kappa shape index (κ1) is 29.8. The van der Waals surface area contributed by atoms with Gasteiger partial charge < -0.3 is 10.2 Å². The first-order valence-electron chi connectivity index (χ1n) is 11.3. The molecular formula is C24H31Cl2FN4O4S. The van der Waals surface area contributed by atoms with Crippen LogP contribution in [0.1, 0.15) is 32.8 Å². The molecule has 0 saturated heterocycles. The van der Waals surface area contributed by atoms with Crippen molar-refractivity contribution >= 4 is 50.9 Å². The average Bonchev–Trinajstić information content (AvgIpc) is 2.81. The van der Waals surface area contributed by atoms with Crippen molar-refractivity contribution < 1.29 is 22.4 Å². The maximum Gasteiger partial charge on any atom is 0.304 e. The van der Waals surface area contributed by atoms with Crippen LogP contribution in [0.2, 0.25) is 10.0 Å². The van der Waals surface area contributed by atoms with Crippen LogP contribution in [-0.4, -0.2) is 62.2 Å². The van der Waals surface area contributed by atoms with Crippen molar-refractivity contribution in [2.75, 3.05) is 24.9 Å². The second kappa shape index (κ2) is 12.7. The molecule has 2 aromatic carbocycles. The molecule has 2 amide bonds. The first-order chi connectivity index (χ1) is 16.8. The summed E-state index contributed by atoms with van der Waals surface area (Å²) in [5, 5.41) is 3.55. The molecule has 0 radical (unpaired) electrons. The molecule has 0 spiro atoms. The van der Waals surface area contributed by atoms with Crippen molar-refractivity contribution in [3.63, 3.8) is 0 Å². The molecule has 0 fully saturated rings. The molecule has 2 aromatic rings. The molecule has 2 atom stereocenters. The highest BCUT2D eigenvalue weighted by Gasteiger charge is 2.33. The van der Waals surface area contributed by atoms with Gasteiger partial charge in [-0.25, -0.2) is 8.70 Å². The molecule has 0 aliphatic carbocycles. The van der Waals surface area contributed by atoms with Crippen molar-refractivity contribution in [3.05, 3.63) is 63.9 Å². The van der Waals surface area contributed by atoms with E-state index in [1.807, 2.05) is 13.8 Å². The number of hydrogen-bond acceptors (Lipinski definition) is 4.